The number of benzene rings is 3. The SMILES string of the molecule is Cc1ccc(C)c(NC(=O)COc2ccc(S(=O)(=O)N3CCc4ccccc43)cc2)c1. The van der Waals surface area contributed by atoms with Crippen LogP contribution in [0.25, 0.3) is 0 Å². The van der Waals surface area contributed by atoms with Gasteiger partial charge >= 0.3 is 0 Å². The first-order valence-corrected chi connectivity index (χ1v) is 11.5. The Bertz CT molecular complexity index is 1220. The molecule has 7 heteroatoms. The van der Waals surface area contributed by atoms with E-state index in [1.807, 2.05) is 56.3 Å². The van der Waals surface area contributed by atoms with Gasteiger partial charge in [0.25, 0.3) is 15.9 Å². The fourth-order valence-corrected chi connectivity index (χ4v) is 5.10. The number of aryl methyl sites for hydroxylation is 2. The van der Waals surface area contributed by atoms with Crippen LogP contribution in [0.3, 0.4) is 0 Å². The third kappa shape index (κ3) is 4.41. The predicted octanol–water partition coefficient (Wildman–Crippen LogP) is 4.07. The van der Waals surface area contributed by atoms with Gasteiger partial charge < -0.3 is 10.1 Å². The smallest absolute Gasteiger partial charge is 0.264 e. The largest absolute Gasteiger partial charge is 0.484 e. The molecule has 0 bridgehead atoms. The minimum absolute atomic E-state index is 0.168. The second-order valence-electron chi connectivity index (χ2n) is 7.58. The predicted molar refractivity (Wildman–Crippen MR) is 121 cm³/mol. The third-order valence-corrected chi connectivity index (χ3v) is 7.12. The lowest BCUT2D eigenvalue weighted by molar-refractivity contribution is -0.118. The summed E-state index contributed by atoms with van der Waals surface area (Å²) in [5.41, 5.74) is 4.53. The van der Waals surface area contributed by atoms with E-state index in [-0.39, 0.29) is 17.4 Å². The summed E-state index contributed by atoms with van der Waals surface area (Å²) >= 11 is 0. The van der Waals surface area contributed by atoms with Gasteiger partial charge in [-0.05, 0) is 73.4 Å². The van der Waals surface area contributed by atoms with Gasteiger partial charge in [0.15, 0.2) is 6.61 Å². The molecule has 0 atom stereocenters. The highest BCUT2D eigenvalue weighted by atomic mass is 32.2. The van der Waals surface area contributed by atoms with Gasteiger partial charge in [-0.2, -0.15) is 0 Å². The molecule has 1 N–H and O–H groups in total. The van der Waals surface area contributed by atoms with Crippen LogP contribution >= 0.6 is 0 Å². The molecule has 6 nitrogen and oxygen atoms in total. The summed E-state index contributed by atoms with van der Waals surface area (Å²) in [6, 6.07) is 19.5. The van der Waals surface area contributed by atoms with Crippen LogP contribution in [-0.2, 0) is 21.2 Å². The molecule has 0 unspecified atom stereocenters. The number of amides is 1. The normalized spacial score (nSPS) is 13.0. The molecule has 3 aromatic rings. The zero-order valence-corrected chi connectivity index (χ0v) is 18.3. The number of hydrogen-bond acceptors (Lipinski definition) is 4. The Balaban J connectivity index is 1.40. The van der Waals surface area contributed by atoms with E-state index in [4.69, 9.17) is 4.74 Å². The van der Waals surface area contributed by atoms with Gasteiger partial charge in [0.05, 0.1) is 10.6 Å². The lowest BCUT2D eigenvalue weighted by atomic mass is 10.1. The Labute approximate surface area is 182 Å². The van der Waals surface area contributed by atoms with Crippen molar-refractivity contribution in [3.05, 3.63) is 83.4 Å². The monoisotopic (exact) mass is 436 g/mol. The summed E-state index contributed by atoms with van der Waals surface area (Å²) in [7, 11) is -3.65. The second kappa shape index (κ2) is 8.43. The molecule has 0 aromatic heterocycles. The van der Waals surface area contributed by atoms with Crippen LogP contribution in [0.4, 0.5) is 11.4 Å². The van der Waals surface area contributed by atoms with Crippen molar-refractivity contribution in [1.29, 1.82) is 0 Å². The first-order chi connectivity index (χ1) is 14.8. The molecule has 0 saturated carbocycles. The standard InChI is InChI=1S/C24H24N2O4S/c1-17-7-8-18(2)22(15-17)25-24(27)16-30-20-9-11-21(12-10-20)31(28,29)26-14-13-19-5-3-4-6-23(19)26/h3-12,15H,13-14,16H2,1-2H3,(H,25,27). The summed E-state index contributed by atoms with van der Waals surface area (Å²) in [6.07, 6.45) is 0.701. The zero-order valence-electron chi connectivity index (χ0n) is 17.5. The molecular weight excluding hydrogens is 412 g/mol. The van der Waals surface area contributed by atoms with Gasteiger partial charge in [0.1, 0.15) is 5.75 Å². The van der Waals surface area contributed by atoms with E-state index < -0.39 is 10.0 Å². The minimum atomic E-state index is -3.65. The highest BCUT2D eigenvalue weighted by molar-refractivity contribution is 7.92. The quantitative estimate of drug-likeness (QED) is 0.632. The molecular formula is C24H24N2O4S. The van der Waals surface area contributed by atoms with E-state index in [1.165, 1.54) is 16.4 Å². The Morgan fingerprint density at radius 1 is 1.03 bits per heavy atom. The molecule has 1 heterocycles. The number of rotatable bonds is 6. The number of nitrogens with zero attached hydrogens (tertiary/aromatic N) is 1. The Hall–Kier alpha value is -3.32. The summed E-state index contributed by atoms with van der Waals surface area (Å²) in [5.74, 6) is 0.149. The summed E-state index contributed by atoms with van der Waals surface area (Å²) < 4.78 is 33.1. The Morgan fingerprint density at radius 3 is 2.55 bits per heavy atom. The highest BCUT2D eigenvalue weighted by Crippen LogP contribution is 2.33. The topological polar surface area (TPSA) is 75.7 Å². The number of carbonyl (C=O) groups is 1. The number of nitrogens with one attached hydrogen (secondary N) is 1. The van der Waals surface area contributed by atoms with Crippen molar-refractivity contribution in [3.63, 3.8) is 0 Å². The van der Waals surface area contributed by atoms with Gasteiger partial charge in [0.2, 0.25) is 0 Å². The van der Waals surface area contributed by atoms with Crippen LogP contribution < -0.4 is 14.4 Å². The van der Waals surface area contributed by atoms with E-state index in [9.17, 15) is 13.2 Å². The molecule has 160 valence electrons. The summed E-state index contributed by atoms with van der Waals surface area (Å²) in [4.78, 5) is 12.4. The average Bonchev–Trinajstić information content (AvgIpc) is 3.20. The molecule has 0 spiro atoms. The second-order valence-corrected chi connectivity index (χ2v) is 9.44. The highest BCUT2D eigenvalue weighted by Gasteiger charge is 2.30. The Morgan fingerprint density at radius 2 is 1.77 bits per heavy atom. The molecule has 0 aliphatic carbocycles. The van der Waals surface area contributed by atoms with Crippen LogP contribution in [0, 0.1) is 13.8 Å². The maximum Gasteiger partial charge on any atom is 0.264 e. The van der Waals surface area contributed by atoms with Gasteiger partial charge in [-0.25, -0.2) is 8.42 Å². The van der Waals surface area contributed by atoms with Crippen LogP contribution in [0.15, 0.2) is 71.6 Å². The van der Waals surface area contributed by atoms with Gasteiger partial charge in [-0.15, -0.1) is 0 Å². The van der Waals surface area contributed by atoms with Crippen molar-refractivity contribution >= 4 is 27.3 Å². The van der Waals surface area contributed by atoms with Crippen molar-refractivity contribution in [2.24, 2.45) is 0 Å². The van der Waals surface area contributed by atoms with E-state index in [2.05, 4.69) is 5.32 Å². The van der Waals surface area contributed by atoms with Crippen LogP contribution in [-0.4, -0.2) is 27.5 Å². The molecule has 1 aliphatic rings. The van der Waals surface area contributed by atoms with Crippen LogP contribution in [0.2, 0.25) is 0 Å². The first-order valence-electron chi connectivity index (χ1n) is 10.1. The van der Waals surface area contributed by atoms with Crippen molar-refractivity contribution in [3.8, 4) is 5.75 Å². The van der Waals surface area contributed by atoms with Gasteiger partial charge in [0, 0.05) is 12.2 Å². The molecule has 0 saturated heterocycles. The third-order valence-electron chi connectivity index (χ3n) is 5.29. The van der Waals surface area contributed by atoms with Crippen LogP contribution in [0.5, 0.6) is 5.75 Å². The van der Waals surface area contributed by atoms with Gasteiger partial charge in [-0.1, -0.05) is 30.3 Å². The number of sulfonamides is 1. The number of carbonyl (C=O) groups excluding carboxylic acids is 1. The molecule has 1 amide bonds. The van der Waals surface area contributed by atoms with Crippen molar-refractivity contribution < 1.29 is 17.9 Å². The average molecular weight is 437 g/mol. The fourth-order valence-electron chi connectivity index (χ4n) is 3.60. The molecule has 4 rings (SSSR count). The number of ether oxygens (including phenoxy) is 1. The van der Waals surface area contributed by atoms with E-state index in [0.29, 0.717) is 18.7 Å². The molecule has 0 fully saturated rings. The minimum Gasteiger partial charge on any atom is -0.484 e. The van der Waals surface area contributed by atoms with E-state index in [0.717, 1.165) is 28.1 Å². The zero-order chi connectivity index (χ0) is 22.0. The molecule has 1 aliphatic heterocycles. The maximum absolute atomic E-state index is 13.1. The fraction of sp³-hybridized carbons (Fsp3) is 0.208. The first kappa shape index (κ1) is 20.9. The van der Waals surface area contributed by atoms with E-state index >= 15 is 0 Å². The van der Waals surface area contributed by atoms with Gasteiger partial charge in [-0.3, -0.25) is 9.10 Å². The summed E-state index contributed by atoms with van der Waals surface area (Å²) in [5, 5.41) is 2.84. The van der Waals surface area contributed by atoms with Crippen molar-refractivity contribution in [1.82, 2.24) is 0 Å². The lowest BCUT2D eigenvalue weighted by Gasteiger charge is -2.19. The number of hydrogen-bond donors (Lipinski definition) is 1. The number of para-hydroxylation sites is 1. The number of anilines is 2. The maximum atomic E-state index is 13.1. The lowest BCUT2D eigenvalue weighted by Crippen LogP contribution is -2.29. The summed E-state index contributed by atoms with van der Waals surface area (Å²) in [6.45, 7) is 4.15. The Kier molecular flexibility index (Phi) is 5.69. The number of fused-ring (bicyclic) bond motifs is 1. The van der Waals surface area contributed by atoms with Crippen molar-refractivity contribution in [2.75, 3.05) is 22.8 Å². The van der Waals surface area contributed by atoms with Crippen molar-refractivity contribution in [2.45, 2.75) is 25.2 Å². The van der Waals surface area contributed by atoms with E-state index in [1.54, 1.807) is 12.1 Å². The molecule has 31 heavy (non-hydrogen) atoms. The molecule has 3 aromatic carbocycles. The van der Waals surface area contributed by atoms with Crippen LogP contribution in [0.1, 0.15) is 16.7 Å². The molecule has 0 radical (unpaired) electrons.